The van der Waals surface area contributed by atoms with Crippen molar-refractivity contribution < 1.29 is 9.84 Å². The molecule has 1 N–H and O–H groups in total. The lowest BCUT2D eigenvalue weighted by atomic mass is 9.97. The average Bonchev–Trinajstić information content (AvgIpc) is 3.00. The first-order chi connectivity index (χ1) is 13.4. The molecule has 6 nitrogen and oxygen atoms in total. The summed E-state index contributed by atoms with van der Waals surface area (Å²) in [7, 11) is 3.60. The van der Waals surface area contributed by atoms with Gasteiger partial charge in [0.15, 0.2) is 5.65 Å². The first-order valence-electron chi connectivity index (χ1n) is 9.90. The monoisotopic (exact) mass is 382 g/mol. The summed E-state index contributed by atoms with van der Waals surface area (Å²) in [6.07, 6.45) is 3.98. The molecule has 6 heteroatoms. The molecule has 0 aliphatic rings. The summed E-state index contributed by atoms with van der Waals surface area (Å²) in [5, 5.41) is 9.84. The number of ether oxygens (including phenoxy) is 1. The van der Waals surface area contributed by atoms with Crippen LogP contribution in [0.4, 0.5) is 0 Å². The second-order valence-corrected chi connectivity index (χ2v) is 7.64. The molecule has 3 heterocycles. The Morgan fingerprint density at radius 2 is 1.93 bits per heavy atom. The third-order valence-corrected chi connectivity index (χ3v) is 5.21. The average molecular weight is 383 g/mol. The molecule has 1 atom stereocenters. The van der Waals surface area contributed by atoms with Gasteiger partial charge in [0.2, 0.25) is 5.88 Å². The molecule has 3 aromatic rings. The van der Waals surface area contributed by atoms with Gasteiger partial charge in [0.1, 0.15) is 5.52 Å². The van der Waals surface area contributed by atoms with Crippen LogP contribution in [0.1, 0.15) is 62.4 Å². The molecule has 0 radical (unpaired) electrons. The Labute approximate surface area is 166 Å². The van der Waals surface area contributed by atoms with Gasteiger partial charge in [-0.2, -0.15) is 0 Å². The van der Waals surface area contributed by atoms with E-state index in [-0.39, 0.29) is 12.5 Å². The zero-order valence-corrected chi connectivity index (χ0v) is 17.7. The molecule has 0 fully saturated rings. The van der Waals surface area contributed by atoms with Crippen LogP contribution >= 0.6 is 0 Å². The van der Waals surface area contributed by atoms with E-state index in [1.165, 1.54) is 0 Å². The van der Waals surface area contributed by atoms with Gasteiger partial charge >= 0.3 is 0 Å². The molecular formula is C22H30N4O2. The van der Waals surface area contributed by atoms with Crippen LogP contribution in [-0.2, 0) is 7.05 Å². The third-order valence-electron chi connectivity index (χ3n) is 5.21. The minimum atomic E-state index is 0.0785. The van der Waals surface area contributed by atoms with Crippen LogP contribution in [0.2, 0.25) is 0 Å². The Kier molecular flexibility index (Phi) is 5.98. The fourth-order valence-corrected chi connectivity index (χ4v) is 3.64. The van der Waals surface area contributed by atoms with Crippen molar-refractivity contribution in [3.05, 3.63) is 35.3 Å². The van der Waals surface area contributed by atoms with Gasteiger partial charge in [-0.1, -0.05) is 27.2 Å². The van der Waals surface area contributed by atoms with Crippen molar-refractivity contribution in [2.45, 2.75) is 52.4 Å². The molecule has 0 bridgehead atoms. The zero-order chi connectivity index (χ0) is 20.4. The summed E-state index contributed by atoms with van der Waals surface area (Å²) in [5.41, 5.74) is 6.15. The fourth-order valence-electron chi connectivity index (χ4n) is 3.64. The molecule has 28 heavy (non-hydrogen) atoms. The lowest BCUT2D eigenvalue weighted by molar-refractivity contribution is 0.259. The Balaban J connectivity index is 2.17. The number of aryl methyl sites for hydroxylation is 2. The van der Waals surface area contributed by atoms with E-state index in [1.807, 2.05) is 36.9 Å². The number of aliphatic hydroxyl groups is 1. The van der Waals surface area contributed by atoms with E-state index in [2.05, 4.69) is 25.8 Å². The molecule has 3 rings (SSSR count). The van der Waals surface area contributed by atoms with Crippen LogP contribution in [0.5, 0.6) is 5.88 Å². The first-order valence-corrected chi connectivity index (χ1v) is 9.90. The van der Waals surface area contributed by atoms with Crippen molar-refractivity contribution >= 4 is 11.2 Å². The topological polar surface area (TPSA) is 73.1 Å². The fraction of sp³-hybridized carbons (Fsp3) is 0.500. The number of hydrogen-bond donors (Lipinski definition) is 1. The molecule has 3 aromatic heterocycles. The number of aromatic nitrogens is 4. The van der Waals surface area contributed by atoms with Crippen LogP contribution < -0.4 is 4.74 Å². The standard InChI is InChI=1S/C22H30N4O2/c1-7-8-15(12-27)17-11-26(5)21-20(17)23-14(4)19(25-21)16-9-10-18(13(2)3)24-22(16)28-6/h9-11,13,15,27H,7-8,12H2,1-6H3/t15-/m0/s1. The number of nitrogens with zero attached hydrogens (tertiary/aromatic N) is 4. The quantitative estimate of drug-likeness (QED) is 0.658. The molecule has 150 valence electrons. The molecular weight excluding hydrogens is 352 g/mol. The normalized spacial score (nSPS) is 12.7. The summed E-state index contributed by atoms with van der Waals surface area (Å²) >= 11 is 0. The summed E-state index contributed by atoms with van der Waals surface area (Å²) in [5.74, 6) is 0.966. The molecule has 0 unspecified atom stereocenters. The number of aliphatic hydroxyl groups excluding tert-OH is 1. The van der Waals surface area contributed by atoms with Crippen molar-refractivity contribution in [2.75, 3.05) is 13.7 Å². The maximum Gasteiger partial charge on any atom is 0.222 e. The molecule has 0 aliphatic heterocycles. The summed E-state index contributed by atoms with van der Waals surface area (Å²) < 4.78 is 7.55. The lowest BCUT2D eigenvalue weighted by Gasteiger charge is -2.14. The van der Waals surface area contributed by atoms with Gasteiger partial charge in [-0.05, 0) is 31.4 Å². The minimum absolute atomic E-state index is 0.0785. The van der Waals surface area contributed by atoms with Gasteiger partial charge in [-0.3, -0.25) is 0 Å². The molecule has 0 spiro atoms. The molecule has 0 aromatic carbocycles. The highest BCUT2D eigenvalue weighted by molar-refractivity contribution is 5.81. The Morgan fingerprint density at radius 3 is 2.54 bits per heavy atom. The van der Waals surface area contributed by atoms with E-state index in [9.17, 15) is 5.11 Å². The number of fused-ring (bicyclic) bond motifs is 1. The lowest BCUT2D eigenvalue weighted by Crippen LogP contribution is -2.05. The third kappa shape index (κ3) is 3.61. The predicted octanol–water partition coefficient (Wildman–Crippen LogP) is 4.35. The van der Waals surface area contributed by atoms with Crippen molar-refractivity contribution in [1.29, 1.82) is 0 Å². The van der Waals surface area contributed by atoms with E-state index in [4.69, 9.17) is 14.7 Å². The maximum atomic E-state index is 9.84. The Morgan fingerprint density at radius 1 is 1.18 bits per heavy atom. The van der Waals surface area contributed by atoms with E-state index < -0.39 is 0 Å². The van der Waals surface area contributed by atoms with Gasteiger partial charge in [0.25, 0.3) is 0 Å². The highest BCUT2D eigenvalue weighted by Crippen LogP contribution is 2.34. The van der Waals surface area contributed by atoms with Crippen LogP contribution in [0, 0.1) is 6.92 Å². The van der Waals surface area contributed by atoms with Crippen LogP contribution in [0.3, 0.4) is 0 Å². The number of hydrogen-bond acceptors (Lipinski definition) is 5. The van der Waals surface area contributed by atoms with Gasteiger partial charge < -0.3 is 14.4 Å². The minimum Gasteiger partial charge on any atom is -0.480 e. The van der Waals surface area contributed by atoms with Gasteiger partial charge in [0.05, 0.1) is 30.7 Å². The summed E-state index contributed by atoms with van der Waals surface area (Å²) in [4.78, 5) is 14.5. The van der Waals surface area contributed by atoms with Crippen LogP contribution in [0.25, 0.3) is 22.4 Å². The number of methoxy groups -OCH3 is 1. The first kappa shape index (κ1) is 20.3. The zero-order valence-electron chi connectivity index (χ0n) is 17.7. The number of rotatable bonds is 7. The van der Waals surface area contributed by atoms with Crippen LogP contribution in [0.15, 0.2) is 18.3 Å². The van der Waals surface area contributed by atoms with E-state index in [1.54, 1.807) is 7.11 Å². The maximum absolute atomic E-state index is 9.84. The van der Waals surface area contributed by atoms with E-state index >= 15 is 0 Å². The molecule has 0 saturated heterocycles. The second-order valence-electron chi connectivity index (χ2n) is 7.64. The van der Waals surface area contributed by atoms with Crippen molar-refractivity contribution in [2.24, 2.45) is 7.05 Å². The molecule has 0 amide bonds. The van der Waals surface area contributed by atoms with E-state index in [0.29, 0.717) is 11.8 Å². The van der Waals surface area contributed by atoms with E-state index in [0.717, 1.165) is 52.2 Å². The largest absolute Gasteiger partial charge is 0.480 e. The smallest absolute Gasteiger partial charge is 0.222 e. The summed E-state index contributed by atoms with van der Waals surface area (Å²) in [6.45, 7) is 8.42. The number of pyridine rings is 1. The molecule has 0 saturated carbocycles. The SMILES string of the molecule is CCC[C@@H](CO)c1cn(C)c2nc(-c3ccc(C(C)C)nc3OC)c(C)nc12. The van der Waals surface area contributed by atoms with Crippen molar-refractivity contribution in [1.82, 2.24) is 19.5 Å². The molecule has 0 aliphatic carbocycles. The van der Waals surface area contributed by atoms with Crippen molar-refractivity contribution in [3.8, 4) is 17.1 Å². The van der Waals surface area contributed by atoms with Gasteiger partial charge in [0, 0.05) is 30.4 Å². The summed E-state index contributed by atoms with van der Waals surface area (Å²) in [6, 6.07) is 4.04. The van der Waals surface area contributed by atoms with Crippen LogP contribution in [-0.4, -0.2) is 38.3 Å². The van der Waals surface area contributed by atoms with Gasteiger partial charge in [-0.15, -0.1) is 0 Å². The van der Waals surface area contributed by atoms with Gasteiger partial charge in [-0.25, -0.2) is 15.0 Å². The highest BCUT2D eigenvalue weighted by atomic mass is 16.5. The Bertz CT molecular complexity index is 978. The van der Waals surface area contributed by atoms with Crippen molar-refractivity contribution in [3.63, 3.8) is 0 Å². The Hall–Kier alpha value is -2.47. The second kappa shape index (κ2) is 8.27. The highest BCUT2D eigenvalue weighted by Gasteiger charge is 2.21. The predicted molar refractivity (Wildman–Crippen MR) is 112 cm³/mol.